The van der Waals surface area contributed by atoms with Crippen LogP contribution in [0.3, 0.4) is 0 Å². The van der Waals surface area contributed by atoms with E-state index in [4.69, 9.17) is 18.9 Å². The average molecular weight is 286 g/mol. The zero-order chi connectivity index (χ0) is 15.1. The standard InChI is InChI=1S/C15H26O5/c1-9-7-8-12(14(4,5)13(16)17-6)20-15(9)18-10(2)11(3)19-15/h9-12H,7-8H2,1-6H3/t9-,10-,11-,12+/m1/s1. The van der Waals surface area contributed by atoms with Gasteiger partial charge in [-0.05, 0) is 40.5 Å². The van der Waals surface area contributed by atoms with Crippen LogP contribution in [0.2, 0.25) is 0 Å². The Bertz CT molecular complexity index is 368. The lowest BCUT2D eigenvalue weighted by atomic mass is 9.80. The first-order valence-corrected chi connectivity index (χ1v) is 7.35. The van der Waals surface area contributed by atoms with Crippen LogP contribution < -0.4 is 0 Å². The topological polar surface area (TPSA) is 54.0 Å². The zero-order valence-electron chi connectivity index (χ0n) is 13.3. The summed E-state index contributed by atoms with van der Waals surface area (Å²) in [7, 11) is 1.40. The SMILES string of the molecule is COC(=O)C(C)(C)[C@@H]1CC[C@@H](C)C2(O1)O[C@H](C)[C@@H](C)O2. The molecule has 0 amide bonds. The maximum absolute atomic E-state index is 12.0. The van der Waals surface area contributed by atoms with Crippen LogP contribution in [0.15, 0.2) is 0 Å². The molecule has 0 bridgehead atoms. The largest absolute Gasteiger partial charge is 0.469 e. The van der Waals surface area contributed by atoms with Gasteiger partial charge in [0.1, 0.15) is 0 Å². The highest BCUT2D eigenvalue weighted by Gasteiger charge is 2.56. The highest BCUT2D eigenvalue weighted by Crippen LogP contribution is 2.46. The summed E-state index contributed by atoms with van der Waals surface area (Å²) in [5.74, 6) is -1.15. The molecule has 2 rings (SSSR count). The number of hydrogen-bond acceptors (Lipinski definition) is 5. The number of methoxy groups -OCH3 is 1. The Morgan fingerprint density at radius 2 is 1.65 bits per heavy atom. The van der Waals surface area contributed by atoms with E-state index < -0.39 is 11.4 Å². The molecular formula is C15H26O5. The van der Waals surface area contributed by atoms with Crippen molar-refractivity contribution in [2.24, 2.45) is 11.3 Å². The molecule has 2 fully saturated rings. The minimum absolute atomic E-state index is 0.0163. The molecule has 2 saturated heterocycles. The molecule has 0 aliphatic carbocycles. The van der Waals surface area contributed by atoms with Gasteiger partial charge >= 0.3 is 5.97 Å². The van der Waals surface area contributed by atoms with Crippen molar-refractivity contribution in [3.8, 4) is 0 Å². The molecule has 0 aromatic heterocycles. The van der Waals surface area contributed by atoms with Gasteiger partial charge in [-0.2, -0.15) is 0 Å². The molecule has 116 valence electrons. The molecule has 5 heteroatoms. The molecule has 0 aromatic carbocycles. The van der Waals surface area contributed by atoms with E-state index in [9.17, 15) is 4.79 Å². The Balaban J connectivity index is 2.19. The van der Waals surface area contributed by atoms with Crippen LogP contribution >= 0.6 is 0 Å². The van der Waals surface area contributed by atoms with Gasteiger partial charge in [0, 0.05) is 5.92 Å². The summed E-state index contributed by atoms with van der Waals surface area (Å²) in [5.41, 5.74) is -0.719. The van der Waals surface area contributed by atoms with E-state index in [0.29, 0.717) is 0 Å². The second-order valence-corrected chi connectivity index (χ2v) is 6.55. The van der Waals surface area contributed by atoms with Crippen LogP contribution in [-0.2, 0) is 23.7 Å². The van der Waals surface area contributed by atoms with Crippen molar-refractivity contribution in [3.63, 3.8) is 0 Å². The third-order valence-electron chi connectivity index (χ3n) is 4.65. The predicted molar refractivity (Wildman–Crippen MR) is 72.9 cm³/mol. The molecule has 5 nitrogen and oxygen atoms in total. The van der Waals surface area contributed by atoms with Crippen LogP contribution in [-0.4, -0.2) is 37.4 Å². The molecule has 0 saturated carbocycles. The fourth-order valence-electron chi connectivity index (χ4n) is 2.88. The monoisotopic (exact) mass is 286 g/mol. The zero-order valence-corrected chi connectivity index (χ0v) is 13.3. The van der Waals surface area contributed by atoms with Crippen molar-refractivity contribution >= 4 is 5.97 Å². The molecule has 0 unspecified atom stereocenters. The Kier molecular flexibility index (Phi) is 4.15. The Morgan fingerprint density at radius 3 is 2.15 bits per heavy atom. The molecule has 20 heavy (non-hydrogen) atoms. The number of carbonyl (C=O) groups is 1. The van der Waals surface area contributed by atoms with E-state index >= 15 is 0 Å². The minimum Gasteiger partial charge on any atom is -0.469 e. The van der Waals surface area contributed by atoms with E-state index in [-0.39, 0.29) is 30.2 Å². The average Bonchev–Trinajstić information content (AvgIpc) is 2.67. The highest BCUT2D eigenvalue weighted by atomic mass is 16.9. The van der Waals surface area contributed by atoms with Crippen LogP contribution in [0.1, 0.15) is 47.5 Å². The Morgan fingerprint density at radius 1 is 1.10 bits per heavy atom. The van der Waals surface area contributed by atoms with Gasteiger partial charge in [-0.3, -0.25) is 4.79 Å². The first-order chi connectivity index (χ1) is 9.23. The van der Waals surface area contributed by atoms with Gasteiger partial charge in [0.25, 0.3) is 5.97 Å². The van der Waals surface area contributed by atoms with Crippen molar-refractivity contribution in [2.75, 3.05) is 7.11 Å². The summed E-state index contributed by atoms with van der Waals surface area (Å²) in [6, 6.07) is 0. The lowest BCUT2D eigenvalue weighted by Crippen LogP contribution is -2.54. The van der Waals surface area contributed by atoms with Crippen LogP contribution in [0.4, 0.5) is 0 Å². The van der Waals surface area contributed by atoms with Crippen molar-refractivity contribution in [3.05, 3.63) is 0 Å². The number of hydrogen-bond donors (Lipinski definition) is 0. The molecule has 2 heterocycles. The number of rotatable bonds is 2. The first kappa shape index (κ1) is 15.7. The molecule has 4 atom stereocenters. The normalized spacial score (nSPS) is 37.1. The van der Waals surface area contributed by atoms with E-state index in [1.807, 2.05) is 27.7 Å². The van der Waals surface area contributed by atoms with E-state index in [1.165, 1.54) is 7.11 Å². The molecule has 0 aromatic rings. The summed E-state index contributed by atoms with van der Waals surface area (Å²) in [4.78, 5) is 12.0. The highest BCUT2D eigenvalue weighted by molar-refractivity contribution is 5.76. The fraction of sp³-hybridized carbons (Fsp3) is 0.933. The van der Waals surface area contributed by atoms with E-state index in [0.717, 1.165) is 12.8 Å². The predicted octanol–water partition coefficient (Wildman–Crippen LogP) is 2.48. The summed E-state index contributed by atoms with van der Waals surface area (Å²) in [5, 5.41) is 0. The maximum atomic E-state index is 12.0. The summed E-state index contributed by atoms with van der Waals surface area (Å²) >= 11 is 0. The van der Waals surface area contributed by atoms with Crippen molar-refractivity contribution in [1.29, 1.82) is 0 Å². The van der Waals surface area contributed by atoms with Crippen LogP contribution in [0.25, 0.3) is 0 Å². The van der Waals surface area contributed by atoms with Gasteiger partial charge in [0.2, 0.25) is 0 Å². The molecule has 2 aliphatic rings. The first-order valence-electron chi connectivity index (χ1n) is 7.35. The molecule has 0 radical (unpaired) electrons. The second kappa shape index (κ2) is 5.28. The number of ether oxygens (including phenoxy) is 4. The van der Waals surface area contributed by atoms with Gasteiger partial charge in [0.05, 0.1) is 30.8 Å². The van der Waals surface area contributed by atoms with Gasteiger partial charge in [-0.15, -0.1) is 0 Å². The van der Waals surface area contributed by atoms with Gasteiger partial charge in [-0.1, -0.05) is 6.92 Å². The van der Waals surface area contributed by atoms with Gasteiger partial charge in [0.15, 0.2) is 0 Å². The van der Waals surface area contributed by atoms with Crippen LogP contribution in [0.5, 0.6) is 0 Å². The molecule has 1 spiro atoms. The maximum Gasteiger partial charge on any atom is 0.313 e. The minimum atomic E-state index is -1.02. The third kappa shape index (κ3) is 2.47. The van der Waals surface area contributed by atoms with Crippen LogP contribution in [0, 0.1) is 11.3 Å². The fourth-order valence-corrected chi connectivity index (χ4v) is 2.88. The summed E-state index contributed by atoms with van der Waals surface area (Å²) < 4.78 is 22.9. The quantitative estimate of drug-likeness (QED) is 0.730. The van der Waals surface area contributed by atoms with Gasteiger partial charge < -0.3 is 18.9 Å². The Labute approximate surface area is 120 Å². The number of esters is 1. The molecule has 2 aliphatic heterocycles. The summed E-state index contributed by atoms with van der Waals surface area (Å²) in [6.07, 6.45) is 1.38. The second-order valence-electron chi connectivity index (χ2n) is 6.55. The molecular weight excluding hydrogens is 260 g/mol. The lowest BCUT2D eigenvalue weighted by molar-refractivity contribution is -0.402. The van der Waals surface area contributed by atoms with E-state index in [1.54, 1.807) is 0 Å². The van der Waals surface area contributed by atoms with Crippen molar-refractivity contribution < 1.29 is 23.7 Å². The smallest absolute Gasteiger partial charge is 0.313 e. The number of carbonyl (C=O) groups excluding carboxylic acids is 1. The summed E-state index contributed by atoms with van der Waals surface area (Å²) in [6.45, 7) is 9.70. The Hall–Kier alpha value is -0.650. The molecule has 0 N–H and O–H groups in total. The lowest BCUT2D eigenvalue weighted by Gasteiger charge is -2.45. The van der Waals surface area contributed by atoms with Crippen molar-refractivity contribution in [2.45, 2.75) is 71.7 Å². The van der Waals surface area contributed by atoms with E-state index in [2.05, 4.69) is 6.92 Å². The van der Waals surface area contributed by atoms with Gasteiger partial charge in [-0.25, -0.2) is 0 Å². The third-order valence-corrected chi connectivity index (χ3v) is 4.65. The van der Waals surface area contributed by atoms with Crippen molar-refractivity contribution in [1.82, 2.24) is 0 Å².